The summed E-state index contributed by atoms with van der Waals surface area (Å²) < 4.78 is 41.7. The monoisotopic (exact) mass is 470 g/mol. The van der Waals surface area contributed by atoms with Crippen molar-refractivity contribution in [3.63, 3.8) is 0 Å². The number of nitrogens with one attached hydrogen (secondary N) is 2. The van der Waals surface area contributed by atoms with Crippen molar-refractivity contribution < 1.29 is 13.2 Å². The van der Waals surface area contributed by atoms with Gasteiger partial charge in [0, 0.05) is 19.3 Å². The second-order valence-electron chi connectivity index (χ2n) is 7.12. The minimum absolute atomic E-state index is 0.283. The van der Waals surface area contributed by atoms with E-state index in [-0.39, 0.29) is 17.3 Å². The van der Waals surface area contributed by atoms with E-state index in [4.69, 9.17) is 23.8 Å². The highest BCUT2D eigenvalue weighted by molar-refractivity contribution is 7.80. The second-order valence-corrected chi connectivity index (χ2v) is 7.90. The Morgan fingerprint density at radius 3 is 2.55 bits per heavy atom. The molecule has 1 aromatic carbocycles. The summed E-state index contributed by atoms with van der Waals surface area (Å²) in [5, 5.41) is 14.0. The molecule has 0 bridgehead atoms. The fourth-order valence-electron chi connectivity index (χ4n) is 2.92. The highest BCUT2D eigenvalue weighted by Crippen LogP contribution is 2.35. The van der Waals surface area contributed by atoms with Crippen LogP contribution in [0.25, 0.3) is 0 Å². The number of anilines is 1. The SMILES string of the molecule is Cc1ccc(Cn2cc(NC(=S)NCCCn3nc(C(F)(F)F)c(Cl)c3C)cn2)cc1. The molecule has 2 N–H and O–H groups in total. The Morgan fingerprint density at radius 2 is 1.90 bits per heavy atom. The number of hydrogen-bond acceptors (Lipinski definition) is 3. The Morgan fingerprint density at radius 1 is 1.19 bits per heavy atom. The van der Waals surface area contributed by atoms with E-state index < -0.39 is 11.9 Å². The Balaban J connectivity index is 1.44. The highest BCUT2D eigenvalue weighted by atomic mass is 35.5. The van der Waals surface area contributed by atoms with Crippen molar-refractivity contribution in [2.45, 2.75) is 39.5 Å². The fourth-order valence-corrected chi connectivity index (χ4v) is 3.39. The van der Waals surface area contributed by atoms with Crippen LogP contribution in [0.3, 0.4) is 0 Å². The van der Waals surface area contributed by atoms with Gasteiger partial charge in [-0.3, -0.25) is 9.36 Å². The summed E-state index contributed by atoms with van der Waals surface area (Å²) >= 11 is 11.0. The number of alkyl halides is 3. The zero-order chi connectivity index (χ0) is 22.6. The van der Waals surface area contributed by atoms with Gasteiger partial charge in [0.25, 0.3) is 0 Å². The van der Waals surface area contributed by atoms with Gasteiger partial charge in [-0.15, -0.1) is 0 Å². The van der Waals surface area contributed by atoms with E-state index in [1.807, 2.05) is 13.1 Å². The van der Waals surface area contributed by atoms with Gasteiger partial charge in [-0.2, -0.15) is 23.4 Å². The molecule has 0 unspecified atom stereocenters. The molecule has 6 nitrogen and oxygen atoms in total. The molecule has 2 heterocycles. The molecule has 0 amide bonds. The third-order valence-corrected chi connectivity index (χ3v) is 5.29. The van der Waals surface area contributed by atoms with Gasteiger partial charge in [-0.05, 0) is 38.0 Å². The van der Waals surface area contributed by atoms with Crippen molar-refractivity contribution >= 4 is 34.6 Å². The van der Waals surface area contributed by atoms with Gasteiger partial charge in [0.1, 0.15) is 0 Å². The number of thiocarbonyl (C=S) groups is 1. The third kappa shape index (κ3) is 6.20. The number of nitrogens with zero attached hydrogens (tertiary/aromatic N) is 4. The summed E-state index contributed by atoms with van der Waals surface area (Å²) in [7, 11) is 0. The minimum atomic E-state index is -4.57. The first kappa shape index (κ1) is 23.1. The first-order chi connectivity index (χ1) is 14.6. The van der Waals surface area contributed by atoms with Gasteiger partial charge >= 0.3 is 6.18 Å². The van der Waals surface area contributed by atoms with Crippen LogP contribution in [0.2, 0.25) is 5.02 Å². The number of benzene rings is 1. The van der Waals surface area contributed by atoms with E-state index >= 15 is 0 Å². The van der Waals surface area contributed by atoms with Crippen molar-refractivity contribution in [2.75, 3.05) is 11.9 Å². The van der Waals surface area contributed by atoms with Gasteiger partial charge < -0.3 is 10.6 Å². The summed E-state index contributed by atoms with van der Waals surface area (Å²) in [4.78, 5) is 0. The lowest BCUT2D eigenvalue weighted by atomic mass is 10.1. The molecule has 0 aliphatic rings. The van der Waals surface area contributed by atoms with Gasteiger partial charge in [0.2, 0.25) is 0 Å². The maximum absolute atomic E-state index is 12.9. The highest BCUT2D eigenvalue weighted by Gasteiger charge is 2.38. The van der Waals surface area contributed by atoms with Crippen molar-refractivity contribution in [3.05, 3.63) is 64.2 Å². The predicted octanol–water partition coefficient (Wildman–Crippen LogP) is 4.79. The van der Waals surface area contributed by atoms with Crippen molar-refractivity contribution in [1.82, 2.24) is 24.9 Å². The van der Waals surface area contributed by atoms with Crippen molar-refractivity contribution in [2.24, 2.45) is 0 Å². The van der Waals surface area contributed by atoms with Crippen LogP contribution in [0.1, 0.15) is 28.9 Å². The molecular formula is C20H22ClF3N6S. The lowest BCUT2D eigenvalue weighted by Crippen LogP contribution is -2.29. The quantitative estimate of drug-likeness (QED) is 0.384. The molecule has 3 rings (SSSR count). The molecule has 0 aliphatic carbocycles. The van der Waals surface area contributed by atoms with E-state index in [0.29, 0.717) is 24.6 Å². The fraction of sp³-hybridized carbons (Fsp3) is 0.350. The molecule has 0 radical (unpaired) electrons. The van der Waals surface area contributed by atoms with E-state index in [2.05, 4.69) is 45.1 Å². The topological polar surface area (TPSA) is 59.7 Å². The summed E-state index contributed by atoms with van der Waals surface area (Å²) in [6.07, 6.45) is -0.525. The van der Waals surface area contributed by atoms with Gasteiger partial charge in [0.05, 0.1) is 29.1 Å². The van der Waals surface area contributed by atoms with E-state index in [1.54, 1.807) is 10.9 Å². The zero-order valence-corrected chi connectivity index (χ0v) is 18.6. The van der Waals surface area contributed by atoms with Gasteiger partial charge in [-0.1, -0.05) is 41.4 Å². The molecule has 0 saturated carbocycles. The summed E-state index contributed by atoms with van der Waals surface area (Å²) in [6, 6.07) is 8.23. The number of halogens is 4. The second kappa shape index (κ2) is 9.69. The van der Waals surface area contributed by atoms with Crippen LogP contribution in [0, 0.1) is 13.8 Å². The minimum Gasteiger partial charge on any atom is -0.362 e. The molecule has 0 spiro atoms. The Kier molecular flexibility index (Phi) is 7.22. The molecule has 31 heavy (non-hydrogen) atoms. The molecule has 0 saturated heterocycles. The Labute approximate surface area is 188 Å². The maximum Gasteiger partial charge on any atom is 0.436 e. The Hall–Kier alpha value is -2.59. The normalized spacial score (nSPS) is 11.5. The maximum atomic E-state index is 12.9. The predicted molar refractivity (Wildman–Crippen MR) is 118 cm³/mol. The first-order valence-corrected chi connectivity index (χ1v) is 10.3. The molecule has 2 aromatic heterocycles. The van der Waals surface area contributed by atoms with Crippen LogP contribution in [-0.4, -0.2) is 31.2 Å². The van der Waals surface area contributed by atoms with Gasteiger partial charge in [0.15, 0.2) is 10.8 Å². The first-order valence-electron chi connectivity index (χ1n) is 9.56. The zero-order valence-electron chi connectivity index (χ0n) is 17.0. The molecule has 11 heteroatoms. The van der Waals surface area contributed by atoms with Crippen LogP contribution in [0.4, 0.5) is 18.9 Å². The largest absolute Gasteiger partial charge is 0.436 e. The number of hydrogen-bond donors (Lipinski definition) is 2. The van der Waals surface area contributed by atoms with Crippen LogP contribution in [-0.2, 0) is 19.3 Å². The van der Waals surface area contributed by atoms with Crippen LogP contribution >= 0.6 is 23.8 Å². The summed E-state index contributed by atoms with van der Waals surface area (Å²) in [5.41, 5.74) is 2.32. The average molecular weight is 471 g/mol. The van der Waals surface area contributed by atoms with E-state index in [0.717, 1.165) is 11.3 Å². The van der Waals surface area contributed by atoms with Crippen LogP contribution in [0.15, 0.2) is 36.7 Å². The number of aryl methyl sites for hydroxylation is 2. The van der Waals surface area contributed by atoms with E-state index in [1.165, 1.54) is 17.2 Å². The smallest absolute Gasteiger partial charge is 0.362 e. The van der Waals surface area contributed by atoms with Crippen LogP contribution < -0.4 is 10.6 Å². The van der Waals surface area contributed by atoms with E-state index in [9.17, 15) is 13.2 Å². The molecule has 166 valence electrons. The molecular weight excluding hydrogens is 449 g/mol. The molecule has 0 aliphatic heterocycles. The van der Waals surface area contributed by atoms with Crippen molar-refractivity contribution in [1.29, 1.82) is 0 Å². The molecule has 0 fully saturated rings. The molecule has 3 aromatic rings. The van der Waals surface area contributed by atoms with Gasteiger partial charge in [-0.25, -0.2) is 0 Å². The third-order valence-electron chi connectivity index (χ3n) is 4.59. The number of aromatic nitrogens is 4. The lowest BCUT2D eigenvalue weighted by molar-refractivity contribution is -0.141. The average Bonchev–Trinajstić information content (AvgIpc) is 3.25. The number of rotatable bonds is 7. The van der Waals surface area contributed by atoms with Crippen molar-refractivity contribution in [3.8, 4) is 0 Å². The Bertz CT molecular complexity index is 1040. The summed E-state index contributed by atoms with van der Waals surface area (Å²) in [6.45, 7) is 4.94. The van der Waals surface area contributed by atoms with Crippen LogP contribution in [0.5, 0.6) is 0 Å². The standard InChI is InChI=1S/C20H22ClF3N6S/c1-13-4-6-15(7-5-13)11-29-12-16(10-26-29)27-19(31)25-8-3-9-30-14(2)17(21)18(28-30)20(22,23)24/h4-7,10,12H,3,8-9,11H2,1-2H3,(H2,25,27,31). The summed E-state index contributed by atoms with van der Waals surface area (Å²) in [5.74, 6) is 0. The lowest BCUT2D eigenvalue weighted by Gasteiger charge is -2.09. The molecule has 0 atom stereocenters.